The standard InChI is InChI=1S/C23H21N5O2S2/c24-21-20-17(13-4-5-18(27-9-13)15-10-30-11-15)6-19(14-7-25-12-26-8-14)28-22(20)31-23(21)32(29)16-2-1-3-16/h4-9,12,15-16H,1-3,10-11,24H2. The van der Waals surface area contributed by atoms with E-state index in [1.54, 1.807) is 12.4 Å². The van der Waals surface area contributed by atoms with Crippen LogP contribution in [0.4, 0.5) is 5.69 Å². The van der Waals surface area contributed by atoms with Crippen molar-refractivity contribution >= 4 is 38.0 Å². The summed E-state index contributed by atoms with van der Waals surface area (Å²) in [6, 6.07) is 6.12. The van der Waals surface area contributed by atoms with Gasteiger partial charge < -0.3 is 10.5 Å². The zero-order valence-corrected chi connectivity index (χ0v) is 18.9. The van der Waals surface area contributed by atoms with Gasteiger partial charge in [-0.1, -0.05) is 12.5 Å². The molecule has 5 heterocycles. The van der Waals surface area contributed by atoms with E-state index in [4.69, 9.17) is 15.5 Å². The summed E-state index contributed by atoms with van der Waals surface area (Å²) in [6.07, 6.45) is 9.98. The topological polar surface area (TPSA) is 104 Å². The zero-order chi connectivity index (χ0) is 21.7. The van der Waals surface area contributed by atoms with Crippen molar-refractivity contribution < 1.29 is 8.95 Å². The quantitative estimate of drug-likeness (QED) is 0.474. The Morgan fingerprint density at radius 2 is 1.91 bits per heavy atom. The van der Waals surface area contributed by atoms with Crippen LogP contribution in [0.5, 0.6) is 0 Å². The van der Waals surface area contributed by atoms with E-state index in [9.17, 15) is 4.21 Å². The molecule has 7 nitrogen and oxygen atoms in total. The van der Waals surface area contributed by atoms with Crippen LogP contribution in [0.1, 0.15) is 30.9 Å². The van der Waals surface area contributed by atoms with Gasteiger partial charge in [0.15, 0.2) is 0 Å². The number of anilines is 1. The predicted octanol–water partition coefficient (Wildman–Crippen LogP) is 4.17. The summed E-state index contributed by atoms with van der Waals surface area (Å²) in [5, 5.41) is 1.04. The zero-order valence-electron chi connectivity index (χ0n) is 17.2. The highest BCUT2D eigenvalue weighted by atomic mass is 32.2. The fourth-order valence-corrected chi connectivity index (χ4v) is 7.22. The molecule has 2 aliphatic rings. The Kier molecular flexibility index (Phi) is 4.97. The molecular weight excluding hydrogens is 442 g/mol. The summed E-state index contributed by atoms with van der Waals surface area (Å²) in [7, 11) is -1.11. The predicted molar refractivity (Wildman–Crippen MR) is 126 cm³/mol. The van der Waals surface area contributed by atoms with Gasteiger partial charge in [0.2, 0.25) is 0 Å². The number of thiophene rings is 1. The number of aromatic nitrogens is 4. The maximum absolute atomic E-state index is 13.1. The van der Waals surface area contributed by atoms with Crippen LogP contribution in [-0.2, 0) is 15.5 Å². The summed E-state index contributed by atoms with van der Waals surface area (Å²) < 4.78 is 19.2. The number of hydrogen-bond donors (Lipinski definition) is 1. The molecular formula is C23H21N5O2S2. The normalized spacial score (nSPS) is 17.8. The number of nitrogens with zero attached hydrogens (tertiary/aromatic N) is 4. The van der Waals surface area contributed by atoms with Crippen LogP contribution in [0, 0.1) is 0 Å². The average Bonchev–Trinajstić information content (AvgIpc) is 3.08. The van der Waals surface area contributed by atoms with Crippen LogP contribution in [0.15, 0.2) is 47.3 Å². The lowest BCUT2D eigenvalue weighted by atomic mass is 9.99. The van der Waals surface area contributed by atoms with Crippen molar-refractivity contribution in [2.75, 3.05) is 18.9 Å². The van der Waals surface area contributed by atoms with E-state index in [-0.39, 0.29) is 5.25 Å². The van der Waals surface area contributed by atoms with E-state index >= 15 is 0 Å². The first kappa shape index (κ1) is 19.9. The van der Waals surface area contributed by atoms with Gasteiger partial charge in [-0.05, 0) is 30.5 Å². The molecule has 0 bridgehead atoms. The van der Waals surface area contributed by atoms with Crippen LogP contribution in [0.3, 0.4) is 0 Å². The van der Waals surface area contributed by atoms with E-state index < -0.39 is 10.8 Å². The van der Waals surface area contributed by atoms with Gasteiger partial charge in [-0.25, -0.2) is 15.0 Å². The van der Waals surface area contributed by atoms with Gasteiger partial charge >= 0.3 is 0 Å². The lowest BCUT2D eigenvalue weighted by Crippen LogP contribution is -2.25. The van der Waals surface area contributed by atoms with E-state index in [2.05, 4.69) is 27.1 Å². The Labute approximate surface area is 191 Å². The SMILES string of the molecule is Nc1c(S(=O)C2CCC2)sc2nc(-c3cncnc3)cc(-c3ccc(C4COC4)nc3)c12. The van der Waals surface area contributed by atoms with Crippen LogP contribution < -0.4 is 5.73 Å². The fourth-order valence-electron chi connectivity index (χ4n) is 4.01. The van der Waals surface area contributed by atoms with Gasteiger partial charge in [-0.3, -0.25) is 9.19 Å². The van der Waals surface area contributed by atoms with Crippen molar-refractivity contribution in [2.45, 2.75) is 34.6 Å². The Morgan fingerprint density at radius 3 is 2.53 bits per heavy atom. The molecule has 4 aromatic heterocycles. The second-order valence-corrected chi connectivity index (χ2v) is 11.1. The monoisotopic (exact) mass is 463 g/mol. The number of rotatable bonds is 5. The Morgan fingerprint density at radius 1 is 1.09 bits per heavy atom. The van der Waals surface area contributed by atoms with Crippen molar-refractivity contribution in [3.63, 3.8) is 0 Å². The minimum Gasteiger partial charge on any atom is -0.396 e. The number of pyridine rings is 2. The third-order valence-corrected chi connectivity index (χ3v) is 9.51. The largest absolute Gasteiger partial charge is 0.396 e. The number of nitrogens with two attached hydrogens (primary N) is 1. The Bertz CT molecular complexity index is 1320. The summed E-state index contributed by atoms with van der Waals surface area (Å²) >= 11 is 1.43. The maximum atomic E-state index is 13.1. The molecule has 162 valence electrons. The van der Waals surface area contributed by atoms with Crippen molar-refractivity contribution in [1.29, 1.82) is 0 Å². The first-order valence-corrected chi connectivity index (χ1v) is 12.6. The maximum Gasteiger partial charge on any atom is 0.127 e. The molecule has 0 aromatic carbocycles. The highest BCUT2D eigenvalue weighted by molar-refractivity contribution is 7.88. The molecule has 32 heavy (non-hydrogen) atoms. The second-order valence-electron chi connectivity index (χ2n) is 8.22. The minimum absolute atomic E-state index is 0.196. The molecule has 1 saturated heterocycles. The van der Waals surface area contributed by atoms with E-state index in [0.717, 1.165) is 75.0 Å². The molecule has 0 spiro atoms. The van der Waals surface area contributed by atoms with Gasteiger partial charge in [-0.15, -0.1) is 11.3 Å². The summed E-state index contributed by atoms with van der Waals surface area (Å²) in [4.78, 5) is 18.6. The van der Waals surface area contributed by atoms with Crippen molar-refractivity contribution in [1.82, 2.24) is 19.9 Å². The molecule has 0 radical (unpaired) electrons. The molecule has 1 aliphatic heterocycles. The molecule has 2 fully saturated rings. The van der Waals surface area contributed by atoms with Crippen LogP contribution in [-0.4, -0.2) is 42.6 Å². The Balaban J connectivity index is 1.52. The highest BCUT2D eigenvalue weighted by Gasteiger charge is 2.30. The summed E-state index contributed by atoms with van der Waals surface area (Å²) in [5.41, 5.74) is 11.7. The minimum atomic E-state index is -1.11. The first-order valence-electron chi connectivity index (χ1n) is 10.6. The number of hydrogen-bond acceptors (Lipinski definition) is 8. The van der Waals surface area contributed by atoms with Crippen LogP contribution >= 0.6 is 11.3 Å². The van der Waals surface area contributed by atoms with Crippen molar-refractivity contribution in [3.05, 3.63) is 48.8 Å². The number of nitrogen functional groups attached to an aromatic ring is 1. The lowest BCUT2D eigenvalue weighted by molar-refractivity contribution is 0.00672. The lowest BCUT2D eigenvalue weighted by Gasteiger charge is -2.25. The molecule has 9 heteroatoms. The summed E-state index contributed by atoms with van der Waals surface area (Å²) in [5.74, 6) is 0.362. The molecule has 1 aliphatic carbocycles. The van der Waals surface area contributed by atoms with E-state index in [0.29, 0.717) is 11.6 Å². The molecule has 1 unspecified atom stereocenters. The third kappa shape index (κ3) is 3.32. The number of ether oxygens (including phenoxy) is 1. The number of fused-ring (bicyclic) bond motifs is 1. The van der Waals surface area contributed by atoms with Gasteiger partial charge in [0.05, 0.1) is 35.4 Å². The van der Waals surface area contributed by atoms with Crippen LogP contribution in [0.25, 0.3) is 32.6 Å². The van der Waals surface area contributed by atoms with E-state index in [1.807, 2.05) is 12.3 Å². The van der Waals surface area contributed by atoms with Crippen LogP contribution in [0.2, 0.25) is 0 Å². The third-order valence-electron chi connectivity index (χ3n) is 6.21. The molecule has 1 saturated carbocycles. The van der Waals surface area contributed by atoms with Gasteiger partial charge in [0, 0.05) is 52.0 Å². The molecule has 1 atom stereocenters. The highest BCUT2D eigenvalue weighted by Crippen LogP contribution is 2.44. The van der Waals surface area contributed by atoms with Gasteiger partial charge in [0.1, 0.15) is 15.4 Å². The van der Waals surface area contributed by atoms with E-state index in [1.165, 1.54) is 17.7 Å². The van der Waals surface area contributed by atoms with Gasteiger partial charge in [-0.2, -0.15) is 0 Å². The van der Waals surface area contributed by atoms with Crippen molar-refractivity contribution in [3.8, 4) is 22.4 Å². The smallest absolute Gasteiger partial charge is 0.127 e. The average molecular weight is 464 g/mol. The molecule has 0 amide bonds. The first-order chi connectivity index (χ1) is 15.7. The van der Waals surface area contributed by atoms with Crippen molar-refractivity contribution in [2.24, 2.45) is 0 Å². The van der Waals surface area contributed by atoms with Gasteiger partial charge in [0.25, 0.3) is 0 Å². The Hall–Kier alpha value is -2.75. The second kappa shape index (κ2) is 7.99. The fraction of sp³-hybridized carbons (Fsp3) is 0.304. The molecule has 4 aromatic rings. The summed E-state index contributed by atoms with van der Waals surface area (Å²) in [6.45, 7) is 1.44. The molecule has 2 N–H and O–H groups in total. The molecule has 6 rings (SSSR count).